The quantitative estimate of drug-likeness (QED) is 0.634. The van der Waals surface area contributed by atoms with Gasteiger partial charge in [0.2, 0.25) is 0 Å². The van der Waals surface area contributed by atoms with Crippen LogP contribution >= 0.6 is 0 Å². The maximum atomic E-state index is 9.57. The third kappa shape index (κ3) is 1.36. The van der Waals surface area contributed by atoms with Crippen molar-refractivity contribution in [2.75, 3.05) is 0 Å². The molecule has 90 valence electrons. The fourth-order valence-electron chi connectivity index (χ4n) is 3.06. The molecule has 1 N–H and O–H groups in total. The molecule has 0 aliphatic heterocycles. The van der Waals surface area contributed by atoms with Gasteiger partial charge in [-0.15, -0.1) is 0 Å². The van der Waals surface area contributed by atoms with Crippen LogP contribution in [0.1, 0.15) is 23.2 Å². The monoisotopic (exact) mass is 244 g/mol. The van der Waals surface area contributed by atoms with Gasteiger partial charge >= 0.3 is 0 Å². The van der Waals surface area contributed by atoms with Crippen LogP contribution < -0.4 is 0 Å². The predicted molar refractivity (Wildman–Crippen MR) is 77.9 cm³/mol. The Kier molecular flexibility index (Phi) is 2.04. The Balaban J connectivity index is 2.26. The zero-order chi connectivity index (χ0) is 12.8. The highest BCUT2D eigenvalue weighted by molar-refractivity contribution is 6.05. The summed E-state index contributed by atoms with van der Waals surface area (Å²) in [6, 6.07) is 12.7. The molecule has 0 unspecified atom stereocenters. The molecule has 2 aromatic carbocycles. The molecule has 2 nitrogen and oxygen atoms in total. The summed E-state index contributed by atoms with van der Waals surface area (Å²) >= 11 is 0. The van der Waals surface area contributed by atoms with Crippen molar-refractivity contribution in [3.05, 3.63) is 53.2 Å². The van der Waals surface area contributed by atoms with E-state index in [4.69, 9.17) is 0 Å². The number of rotatable bonds is 0. The van der Waals surface area contributed by atoms with Gasteiger partial charge in [-0.2, -0.15) is 5.26 Å². The Morgan fingerprint density at radius 2 is 2.11 bits per heavy atom. The minimum Gasteiger partial charge on any atom is -0.355 e. The van der Waals surface area contributed by atoms with E-state index in [2.05, 4.69) is 35.3 Å². The number of fused-ring (bicyclic) bond motifs is 4. The van der Waals surface area contributed by atoms with Crippen molar-refractivity contribution >= 4 is 27.8 Å². The van der Waals surface area contributed by atoms with Gasteiger partial charge in [-0.25, -0.2) is 0 Å². The number of nitrogens with zero attached hydrogens (tertiary/aromatic N) is 1. The van der Waals surface area contributed by atoms with Crippen LogP contribution in [0.5, 0.6) is 0 Å². The standard InChI is InChI=1S/C17H12N2/c18-10-14-12-6-2-1-5-11(12)9-16-17(14)13-7-3-4-8-15(13)19-16/h1-2,4-6,8-9,19H,3,7H2. The number of hydrogen-bond acceptors (Lipinski definition) is 1. The van der Waals surface area contributed by atoms with Gasteiger partial charge < -0.3 is 4.98 Å². The van der Waals surface area contributed by atoms with Gasteiger partial charge in [-0.3, -0.25) is 0 Å². The molecule has 1 aliphatic rings. The van der Waals surface area contributed by atoms with E-state index in [0.29, 0.717) is 0 Å². The average molecular weight is 244 g/mol. The maximum Gasteiger partial charge on any atom is 0.100 e. The lowest BCUT2D eigenvalue weighted by Gasteiger charge is -2.07. The van der Waals surface area contributed by atoms with Gasteiger partial charge in [0.1, 0.15) is 6.07 Å². The van der Waals surface area contributed by atoms with Gasteiger partial charge in [-0.1, -0.05) is 30.3 Å². The van der Waals surface area contributed by atoms with Crippen LogP contribution in [-0.2, 0) is 6.42 Å². The molecule has 1 aromatic heterocycles. The van der Waals surface area contributed by atoms with Gasteiger partial charge in [0.25, 0.3) is 0 Å². The number of nitriles is 1. The largest absolute Gasteiger partial charge is 0.355 e. The fraction of sp³-hybridized carbons (Fsp3) is 0.118. The molecule has 4 rings (SSSR count). The molecule has 0 amide bonds. The third-order valence-corrected chi connectivity index (χ3v) is 3.90. The number of hydrogen-bond donors (Lipinski definition) is 1. The first-order valence-electron chi connectivity index (χ1n) is 6.51. The zero-order valence-electron chi connectivity index (χ0n) is 10.4. The molecule has 0 bridgehead atoms. The SMILES string of the molecule is N#Cc1c2ccccc2cc2[nH]c3c(c12)CCC=C3. The molecule has 1 heterocycles. The lowest BCUT2D eigenvalue weighted by molar-refractivity contribution is 0.992. The van der Waals surface area contributed by atoms with E-state index in [9.17, 15) is 5.26 Å². The zero-order valence-corrected chi connectivity index (χ0v) is 10.4. The molecule has 2 heteroatoms. The molecule has 0 atom stereocenters. The Morgan fingerprint density at radius 1 is 1.21 bits per heavy atom. The van der Waals surface area contributed by atoms with Gasteiger partial charge in [0, 0.05) is 22.0 Å². The number of H-pyrrole nitrogens is 1. The maximum absolute atomic E-state index is 9.57. The number of aryl methyl sites for hydroxylation is 1. The van der Waals surface area contributed by atoms with Crippen LogP contribution in [0.2, 0.25) is 0 Å². The van der Waals surface area contributed by atoms with Crippen LogP contribution in [0, 0.1) is 11.3 Å². The normalized spacial score (nSPS) is 13.6. The molecule has 0 saturated heterocycles. The molecular formula is C17H12N2. The highest BCUT2D eigenvalue weighted by Gasteiger charge is 2.17. The summed E-state index contributed by atoms with van der Waals surface area (Å²) in [6.07, 6.45) is 6.38. The molecule has 0 saturated carbocycles. The summed E-state index contributed by atoms with van der Waals surface area (Å²) in [4.78, 5) is 3.44. The lowest BCUT2D eigenvalue weighted by atomic mass is 9.95. The minimum absolute atomic E-state index is 0.806. The Bertz CT molecular complexity index is 876. The lowest BCUT2D eigenvalue weighted by Crippen LogP contribution is -1.92. The third-order valence-electron chi connectivity index (χ3n) is 3.90. The van der Waals surface area contributed by atoms with E-state index in [1.54, 1.807) is 0 Å². The van der Waals surface area contributed by atoms with Crippen molar-refractivity contribution in [1.82, 2.24) is 4.98 Å². The van der Waals surface area contributed by atoms with E-state index in [-0.39, 0.29) is 0 Å². The number of aromatic amines is 1. The second-order valence-electron chi connectivity index (χ2n) is 4.97. The average Bonchev–Trinajstić information content (AvgIpc) is 2.82. The fourth-order valence-corrected chi connectivity index (χ4v) is 3.06. The van der Waals surface area contributed by atoms with Crippen molar-refractivity contribution in [3.63, 3.8) is 0 Å². The first-order valence-corrected chi connectivity index (χ1v) is 6.51. The highest BCUT2D eigenvalue weighted by Crippen LogP contribution is 2.34. The molecule has 19 heavy (non-hydrogen) atoms. The first kappa shape index (κ1) is 10.4. The number of benzene rings is 2. The van der Waals surface area contributed by atoms with Crippen molar-refractivity contribution in [1.29, 1.82) is 5.26 Å². The van der Waals surface area contributed by atoms with Crippen LogP contribution in [0.4, 0.5) is 0 Å². The summed E-state index contributed by atoms with van der Waals surface area (Å²) in [5.41, 5.74) is 4.33. The molecule has 0 fully saturated rings. The second kappa shape index (κ2) is 3.73. The Morgan fingerprint density at radius 3 is 3.00 bits per heavy atom. The molecule has 0 spiro atoms. The van der Waals surface area contributed by atoms with Gasteiger partial charge in [0.15, 0.2) is 0 Å². The van der Waals surface area contributed by atoms with E-state index in [1.165, 1.54) is 5.56 Å². The van der Waals surface area contributed by atoms with Crippen LogP contribution in [0.25, 0.3) is 27.8 Å². The van der Waals surface area contributed by atoms with E-state index in [1.807, 2.05) is 18.2 Å². The van der Waals surface area contributed by atoms with Crippen molar-refractivity contribution in [2.24, 2.45) is 0 Å². The van der Waals surface area contributed by atoms with Crippen LogP contribution in [0.3, 0.4) is 0 Å². The van der Waals surface area contributed by atoms with E-state index < -0.39 is 0 Å². The number of aromatic nitrogens is 1. The topological polar surface area (TPSA) is 39.6 Å². The second-order valence-corrected chi connectivity index (χ2v) is 4.97. The van der Waals surface area contributed by atoms with Crippen molar-refractivity contribution in [2.45, 2.75) is 12.8 Å². The first-order chi connectivity index (χ1) is 9.38. The van der Waals surface area contributed by atoms with Crippen molar-refractivity contribution in [3.8, 4) is 6.07 Å². The summed E-state index contributed by atoms with van der Waals surface area (Å²) in [5, 5.41) is 12.9. The van der Waals surface area contributed by atoms with Crippen molar-refractivity contribution < 1.29 is 0 Å². The van der Waals surface area contributed by atoms with Gasteiger partial charge in [-0.05, 0) is 35.9 Å². The smallest absolute Gasteiger partial charge is 0.100 e. The highest BCUT2D eigenvalue weighted by atomic mass is 14.7. The van der Waals surface area contributed by atoms with Crippen LogP contribution in [-0.4, -0.2) is 4.98 Å². The minimum atomic E-state index is 0.806. The molecule has 0 radical (unpaired) electrons. The number of nitrogens with one attached hydrogen (secondary N) is 1. The molecule has 3 aromatic rings. The summed E-state index contributed by atoms with van der Waals surface area (Å²) in [6.45, 7) is 0. The Hall–Kier alpha value is -2.53. The predicted octanol–water partition coefficient (Wildman–Crippen LogP) is 4.15. The Labute approximate surface area is 111 Å². The summed E-state index contributed by atoms with van der Waals surface area (Å²) in [7, 11) is 0. The molecular weight excluding hydrogens is 232 g/mol. The molecule has 1 aliphatic carbocycles. The van der Waals surface area contributed by atoms with E-state index in [0.717, 1.165) is 45.8 Å². The van der Waals surface area contributed by atoms with E-state index >= 15 is 0 Å². The summed E-state index contributed by atoms with van der Waals surface area (Å²) in [5.74, 6) is 0. The summed E-state index contributed by atoms with van der Waals surface area (Å²) < 4.78 is 0. The number of allylic oxidation sites excluding steroid dienone is 1. The van der Waals surface area contributed by atoms with Crippen LogP contribution in [0.15, 0.2) is 36.4 Å². The van der Waals surface area contributed by atoms with Gasteiger partial charge in [0.05, 0.1) is 5.56 Å².